The molecule has 0 aromatic heterocycles. The van der Waals surface area contributed by atoms with Crippen molar-refractivity contribution in [1.29, 1.82) is 0 Å². The highest BCUT2D eigenvalue weighted by Crippen LogP contribution is 2.18. The van der Waals surface area contributed by atoms with Crippen molar-refractivity contribution < 1.29 is 23.2 Å². The molecule has 24 heavy (non-hydrogen) atoms. The number of carboxylic acids is 1. The summed E-state index contributed by atoms with van der Waals surface area (Å²) in [7, 11) is -4.22. The van der Waals surface area contributed by atoms with E-state index in [-0.39, 0.29) is 11.3 Å². The van der Waals surface area contributed by atoms with Gasteiger partial charge in [0.1, 0.15) is 6.04 Å². The molecule has 0 aliphatic rings. The quantitative estimate of drug-likeness (QED) is 0.576. The van der Waals surface area contributed by atoms with Gasteiger partial charge >= 0.3 is 5.97 Å². The molecule has 0 saturated heterocycles. The summed E-state index contributed by atoms with van der Waals surface area (Å²) in [5.74, 6) is -1.34. The first-order valence-electron chi connectivity index (χ1n) is 6.83. The number of sulfonamides is 1. The SMILES string of the molecule is O=C(O)C(Cc1ccccc1)NS(=O)(=O)c1cccc([N+](=O)[O-])c1. The first-order valence-corrected chi connectivity index (χ1v) is 8.31. The maximum absolute atomic E-state index is 12.3. The van der Waals surface area contributed by atoms with Gasteiger partial charge in [0.05, 0.1) is 9.82 Å². The number of nitrogens with one attached hydrogen (secondary N) is 1. The Kier molecular flexibility index (Phi) is 5.27. The molecule has 0 saturated carbocycles. The first kappa shape index (κ1) is 17.6. The lowest BCUT2D eigenvalue weighted by Crippen LogP contribution is -2.42. The summed E-state index contributed by atoms with van der Waals surface area (Å²) in [6.07, 6.45) is -0.0513. The van der Waals surface area contributed by atoms with Gasteiger partial charge in [0.15, 0.2) is 0 Å². The highest BCUT2D eigenvalue weighted by atomic mass is 32.2. The number of aliphatic carboxylic acids is 1. The molecule has 0 aliphatic carbocycles. The number of non-ortho nitro benzene ring substituents is 1. The van der Waals surface area contributed by atoms with E-state index in [1.807, 2.05) is 0 Å². The monoisotopic (exact) mass is 350 g/mol. The summed E-state index contributed by atoms with van der Waals surface area (Å²) >= 11 is 0. The molecule has 0 amide bonds. The average molecular weight is 350 g/mol. The van der Waals surface area contributed by atoms with Gasteiger partial charge in [-0.2, -0.15) is 4.72 Å². The van der Waals surface area contributed by atoms with Gasteiger partial charge in [-0.3, -0.25) is 14.9 Å². The van der Waals surface area contributed by atoms with Crippen LogP contribution in [-0.2, 0) is 21.2 Å². The molecule has 126 valence electrons. The van der Waals surface area contributed by atoms with Crippen molar-refractivity contribution in [3.05, 3.63) is 70.3 Å². The highest BCUT2D eigenvalue weighted by molar-refractivity contribution is 7.89. The van der Waals surface area contributed by atoms with Gasteiger partial charge in [-0.05, 0) is 18.1 Å². The molecular weight excluding hydrogens is 336 g/mol. The molecule has 0 heterocycles. The highest BCUT2D eigenvalue weighted by Gasteiger charge is 2.26. The maximum atomic E-state index is 12.3. The Labute approximate surface area is 138 Å². The van der Waals surface area contributed by atoms with Gasteiger partial charge in [0.2, 0.25) is 10.0 Å². The second-order valence-electron chi connectivity index (χ2n) is 4.96. The Morgan fingerprint density at radius 2 is 1.83 bits per heavy atom. The number of benzene rings is 2. The molecule has 0 fully saturated rings. The average Bonchev–Trinajstić information content (AvgIpc) is 2.55. The topological polar surface area (TPSA) is 127 Å². The van der Waals surface area contributed by atoms with E-state index in [1.165, 1.54) is 6.07 Å². The molecule has 2 aromatic carbocycles. The van der Waals surface area contributed by atoms with E-state index >= 15 is 0 Å². The summed E-state index contributed by atoms with van der Waals surface area (Å²) in [5, 5.41) is 20.0. The Morgan fingerprint density at radius 3 is 2.42 bits per heavy atom. The third kappa shape index (κ3) is 4.37. The molecule has 0 aliphatic heterocycles. The van der Waals surface area contributed by atoms with E-state index in [1.54, 1.807) is 30.3 Å². The van der Waals surface area contributed by atoms with Crippen LogP contribution in [0.15, 0.2) is 59.5 Å². The predicted molar refractivity (Wildman–Crippen MR) is 85.0 cm³/mol. The fourth-order valence-corrected chi connectivity index (χ4v) is 3.28. The van der Waals surface area contributed by atoms with Crippen LogP contribution in [0, 0.1) is 10.1 Å². The van der Waals surface area contributed by atoms with E-state index in [4.69, 9.17) is 0 Å². The van der Waals surface area contributed by atoms with Crippen LogP contribution < -0.4 is 4.72 Å². The molecule has 1 atom stereocenters. The van der Waals surface area contributed by atoms with E-state index < -0.39 is 32.6 Å². The second-order valence-corrected chi connectivity index (χ2v) is 6.67. The van der Waals surface area contributed by atoms with Crippen LogP contribution in [0.2, 0.25) is 0 Å². The molecular formula is C15H14N2O6S. The first-order chi connectivity index (χ1) is 11.3. The number of nitrogens with zero attached hydrogens (tertiary/aromatic N) is 1. The van der Waals surface area contributed by atoms with E-state index in [0.717, 1.165) is 18.2 Å². The van der Waals surface area contributed by atoms with Crippen molar-refractivity contribution in [3.8, 4) is 0 Å². The van der Waals surface area contributed by atoms with Crippen LogP contribution in [0.25, 0.3) is 0 Å². The minimum Gasteiger partial charge on any atom is -0.480 e. The van der Waals surface area contributed by atoms with Crippen molar-refractivity contribution in [2.75, 3.05) is 0 Å². The summed E-state index contributed by atoms with van der Waals surface area (Å²) in [4.78, 5) is 21.0. The minimum atomic E-state index is -4.22. The van der Waals surface area contributed by atoms with Gasteiger partial charge in [0, 0.05) is 12.1 Å². The molecule has 0 spiro atoms. The lowest BCUT2D eigenvalue weighted by Gasteiger charge is -2.15. The summed E-state index contributed by atoms with van der Waals surface area (Å²) in [6.45, 7) is 0. The molecule has 9 heteroatoms. The molecule has 1 unspecified atom stereocenters. The zero-order chi connectivity index (χ0) is 17.7. The lowest BCUT2D eigenvalue weighted by molar-refractivity contribution is -0.385. The zero-order valence-electron chi connectivity index (χ0n) is 12.3. The summed E-state index contributed by atoms with van der Waals surface area (Å²) in [5.41, 5.74) is 0.249. The molecule has 2 N–H and O–H groups in total. The lowest BCUT2D eigenvalue weighted by atomic mass is 10.1. The Hall–Kier alpha value is -2.78. The van der Waals surface area contributed by atoms with Gasteiger partial charge in [-0.25, -0.2) is 8.42 Å². The van der Waals surface area contributed by atoms with E-state index in [2.05, 4.69) is 4.72 Å². The number of hydrogen-bond acceptors (Lipinski definition) is 5. The van der Waals surface area contributed by atoms with Crippen LogP contribution in [0.1, 0.15) is 5.56 Å². The Balaban J connectivity index is 2.26. The number of rotatable bonds is 7. The van der Waals surface area contributed by atoms with Crippen molar-refractivity contribution >= 4 is 21.7 Å². The summed E-state index contributed by atoms with van der Waals surface area (Å²) in [6, 6.07) is 11.6. The molecule has 2 aromatic rings. The predicted octanol–water partition coefficient (Wildman–Crippen LogP) is 1.57. The molecule has 2 rings (SSSR count). The van der Waals surface area contributed by atoms with E-state index in [0.29, 0.717) is 5.56 Å². The van der Waals surface area contributed by atoms with Gasteiger partial charge in [-0.15, -0.1) is 0 Å². The third-order valence-corrected chi connectivity index (χ3v) is 4.69. The fourth-order valence-electron chi connectivity index (χ4n) is 2.05. The molecule has 8 nitrogen and oxygen atoms in total. The smallest absolute Gasteiger partial charge is 0.322 e. The summed E-state index contributed by atoms with van der Waals surface area (Å²) < 4.78 is 26.7. The van der Waals surface area contributed by atoms with Crippen LogP contribution in [0.3, 0.4) is 0 Å². The van der Waals surface area contributed by atoms with Crippen molar-refractivity contribution in [1.82, 2.24) is 4.72 Å². The second kappa shape index (κ2) is 7.20. The fraction of sp³-hybridized carbons (Fsp3) is 0.133. The number of carboxylic acid groups (broad SMARTS) is 1. The van der Waals surface area contributed by atoms with Crippen molar-refractivity contribution in [3.63, 3.8) is 0 Å². The zero-order valence-corrected chi connectivity index (χ0v) is 13.1. The van der Waals surface area contributed by atoms with Crippen LogP contribution >= 0.6 is 0 Å². The molecule has 0 bridgehead atoms. The van der Waals surface area contributed by atoms with Gasteiger partial charge < -0.3 is 5.11 Å². The Morgan fingerprint density at radius 1 is 1.17 bits per heavy atom. The van der Waals surface area contributed by atoms with E-state index in [9.17, 15) is 28.4 Å². The maximum Gasteiger partial charge on any atom is 0.322 e. The standard InChI is InChI=1S/C15H14N2O6S/c18-15(19)14(9-11-5-2-1-3-6-11)16-24(22,23)13-8-4-7-12(10-13)17(20)21/h1-8,10,14,16H,9H2,(H,18,19). The van der Waals surface area contributed by atoms with Crippen LogP contribution in [0.4, 0.5) is 5.69 Å². The normalized spacial score (nSPS) is 12.5. The number of nitro benzene ring substituents is 1. The van der Waals surface area contributed by atoms with Crippen LogP contribution in [0.5, 0.6) is 0 Å². The minimum absolute atomic E-state index is 0.0513. The third-order valence-electron chi connectivity index (χ3n) is 3.22. The Bertz CT molecular complexity index is 851. The number of hydrogen-bond donors (Lipinski definition) is 2. The van der Waals surface area contributed by atoms with Crippen LogP contribution in [-0.4, -0.2) is 30.5 Å². The molecule has 0 radical (unpaired) electrons. The van der Waals surface area contributed by atoms with Crippen molar-refractivity contribution in [2.24, 2.45) is 0 Å². The van der Waals surface area contributed by atoms with Gasteiger partial charge in [0.25, 0.3) is 5.69 Å². The largest absolute Gasteiger partial charge is 0.480 e. The number of nitro groups is 1. The number of carbonyl (C=O) groups is 1. The van der Waals surface area contributed by atoms with Crippen molar-refractivity contribution in [2.45, 2.75) is 17.4 Å². The van der Waals surface area contributed by atoms with Gasteiger partial charge in [-0.1, -0.05) is 36.4 Å².